The van der Waals surface area contributed by atoms with Crippen molar-refractivity contribution < 1.29 is 24.8 Å². The molecule has 2 unspecified atom stereocenters. The van der Waals surface area contributed by atoms with Gasteiger partial charge in [-0.2, -0.15) is 0 Å². The summed E-state index contributed by atoms with van der Waals surface area (Å²) < 4.78 is 9.90. The van der Waals surface area contributed by atoms with E-state index in [2.05, 4.69) is 0 Å². The Morgan fingerprint density at radius 1 is 1.38 bits per heavy atom. The molecule has 1 heterocycles. The summed E-state index contributed by atoms with van der Waals surface area (Å²) in [7, 11) is 1.38. The Hall–Kier alpha value is -0.240. The van der Waals surface area contributed by atoms with Crippen LogP contribution >= 0.6 is 0 Å². The van der Waals surface area contributed by atoms with E-state index in [9.17, 15) is 10.2 Å². The molecule has 0 spiro atoms. The first-order valence-electron chi connectivity index (χ1n) is 4.02. The molecule has 1 aliphatic rings. The molecular formula is C7H15NO5. The predicted molar refractivity (Wildman–Crippen MR) is 42.7 cm³/mol. The van der Waals surface area contributed by atoms with Gasteiger partial charge in [-0.3, -0.25) is 0 Å². The third-order valence-corrected chi connectivity index (χ3v) is 2.16. The summed E-state index contributed by atoms with van der Waals surface area (Å²) in [5.41, 5.74) is 5.50. The highest BCUT2D eigenvalue weighted by atomic mass is 16.7. The minimum absolute atomic E-state index is 0.384. The van der Waals surface area contributed by atoms with Crippen LogP contribution in [0.2, 0.25) is 0 Å². The van der Waals surface area contributed by atoms with E-state index >= 15 is 0 Å². The molecule has 1 saturated heterocycles. The van der Waals surface area contributed by atoms with Crippen LogP contribution in [-0.2, 0) is 9.47 Å². The van der Waals surface area contributed by atoms with E-state index in [-0.39, 0.29) is 6.61 Å². The van der Waals surface area contributed by atoms with E-state index in [0.717, 1.165) is 0 Å². The minimum atomic E-state index is -1.17. The van der Waals surface area contributed by atoms with Crippen molar-refractivity contribution >= 4 is 0 Å². The molecule has 5 N–H and O–H groups in total. The molecule has 0 bridgehead atoms. The van der Waals surface area contributed by atoms with Gasteiger partial charge < -0.3 is 30.5 Å². The minimum Gasteiger partial charge on any atom is -0.394 e. The van der Waals surface area contributed by atoms with Gasteiger partial charge in [-0.05, 0) is 0 Å². The highest BCUT2D eigenvalue weighted by Crippen LogP contribution is 2.19. The average Bonchev–Trinajstić information content (AvgIpc) is 2.15. The summed E-state index contributed by atoms with van der Waals surface area (Å²) in [6.07, 6.45) is -3.96. The van der Waals surface area contributed by atoms with Crippen molar-refractivity contribution in [2.45, 2.75) is 30.6 Å². The zero-order valence-corrected chi connectivity index (χ0v) is 7.33. The second-order valence-electron chi connectivity index (χ2n) is 3.02. The van der Waals surface area contributed by atoms with Gasteiger partial charge >= 0.3 is 0 Å². The average molecular weight is 193 g/mol. The van der Waals surface area contributed by atoms with Gasteiger partial charge in [0.25, 0.3) is 0 Å². The molecule has 0 aliphatic carbocycles. The van der Waals surface area contributed by atoms with E-state index in [4.69, 9.17) is 20.3 Å². The van der Waals surface area contributed by atoms with Crippen LogP contribution in [0, 0.1) is 0 Å². The molecule has 6 heteroatoms. The zero-order chi connectivity index (χ0) is 10.0. The first-order chi connectivity index (χ1) is 6.11. The van der Waals surface area contributed by atoms with Crippen molar-refractivity contribution in [1.29, 1.82) is 0 Å². The fourth-order valence-corrected chi connectivity index (χ4v) is 1.32. The Labute approximate surface area is 75.9 Å². The molecule has 78 valence electrons. The molecule has 13 heavy (non-hydrogen) atoms. The summed E-state index contributed by atoms with van der Waals surface area (Å²) in [5, 5.41) is 27.5. The number of aliphatic hydroxyl groups is 3. The Balaban J connectivity index is 2.66. The smallest absolute Gasteiger partial charge is 0.175 e. The number of hydrogen-bond donors (Lipinski definition) is 4. The lowest BCUT2D eigenvalue weighted by Crippen LogP contribution is -2.62. The van der Waals surface area contributed by atoms with E-state index in [1.54, 1.807) is 0 Å². The van der Waals surface area contributed by atoms with E-state index in [1.807, 2.05) is 0 Å². The summed E-state index contributed by atoms with van der Waals surface area (Å²) >= 11 is 0. The molecule has 0 aromatic heterocycles. The molecule has 0 radical (unpaired) electrons. The first-order valence-corrected chi connectivity index (χ1v) is 4.02. The van der Waals surface area contributed by atoms with Crippen LogP contribution in [0.1, 0.15) is 0 Å². The van der Waals surface area contributed by atoms with Crippen LogP contribution in [0.5, 0.6) is 0 Å². The normalized spacial score (nSPS) is 46.4. The van der Waals surface area contributed by atoms with Crippen molar-refractivity contribution in [2.75, 3.05) is 13.7 Å². The Morgan fingerprint density at radius 3 is 2.46 bits per heavy atom. The molecule has 6 nitrogen and oxygen atoms in total. The number of hydrogen-bond acceptors (Lipinski definition) is 6. The van der Waals surface area contributed by atoms with Crippen molar-refractivity contribution in [3.05, 3.63) is 0 Å². The standard InChI is InChI=1S/C7H15NO5/c1-12-7-4(8)6(11)5(10)3(2-9)13-7/h3-7,9-11H,2,8H2,1H3/t3?,4?,5-,6-,7+/m1/s1. The number of aliphatic hydroxyl groups excluding tert-OH is 3. The maximum Gasteiger partial charge on any atom is 0.175 e. The third-order valence-electron chi connectivity index (χ3n) is 2.16. The van der Waals surface area contributed by atoms with Crippen molar-refractivity contribution in [3.8, 4) is 0 Å². The number of rotatable bonds is 2. The SMILES string of the molecule is CO[C@H]1OC(CO)[C@@H](O)[C@H](O)C1N. The van der Waals surface area contributed by atoms with Crippen LogP contribution in [-0.4, -0.2) is 59.7 Å². The van der Waals surface area contributed by atoms with Crippen LogP contribution in [0.3, 0.4) is 0 Å². The quantitative estimate of drug-likeness (QED) is 0.383. The molecule has 0 aromatic carbocycles. The Bertz CT molecular complexity index is 147. The molecule has 0 amide bonds. The monoisotopic (exact) mass is 193 g/mol. The van der Waals surface area contributed by atoms with Gasteiger partial charge in [0, 0.05) is 7.11 Å². The topological polar surface area (TPSA) is 105 Å². The summed E-state index contributed by atoms with van der Waals surface area (Å²) in [6.45, 7) is -0.384. The van der Waals surface area contributed by atoms with Gasteiger partial charge in [-0.25, -0.2) is 0 Å². The van der Waals surface area contributed by atoms with E-state index < -0.39 is 30.6 Å². The Kier molecular flexibility index (Phi) is 3.60. The summed E-state index contributed by atoms with van der Waals surface area (Å²) in [5.74, 6) is 0. The van der Waals surface area contributed by atoms with Gasteiger partial charge in [0.1, 0.15) is 18.3 Å². The third kappa shape index (κ3) is 1.98. The van der Waals surface area contributed by atoms with Crippen molar-refractivity contribution in [3.63, 3.8) is 0 Å². The maximum absolute atomic E-state index is 9.40. The molecule has 1 rings (SSSR count). The zero-order valence-electron chi connectivity index (χ0n) is 7.33. The lowest BCUT2D eigenvalue weighted by Gasteiger charge is -2.39. The molecule has 1 fully saturated rings. The molecular weight excluding hydrogens is 178 g/mol. The van der Waals surface area contributed by atoms with Gasteiger partial charge in [0.05, 0.1) is 12.6 Å². The fourth-order valence-electron chi connectivity index (χ4n) is 1.32. The summed E-state index contributed by atoms with van der Waals surface area (Å²) in [6, 6.07) is -0.803. The number of methoxy groups -OCH3 is 1. The van der Waals surface area contributed by atoms with Crippen LogP contribution in [0.15, 0.2) is 0 Å². The molecule has 1 aliphatic heterocycles. The molecule has 5 atom stereocenters. The van der Waals surface area contributed by atoms with Gasteiger partial charge in [-0.15, -0.1) is 0 Å². The predicted octanol–water partition coefficient (Wildman–Crippen LogP) is -2.60. The van der Waals surface area contributed by atoms with Crippen molar-refractivity contribution in [2.24, 2.45) is 5.73 Å². The summed E-state index contributed by atoms with van der Waals surface area (Å²) in [4.78, 5) is 0. The maximum atomic E-state index is 9.40. The largest absolute Gasteiger partial charge is 0.394 e. The van der Waals surface area contributed by atoms with E-state index in [0.29, 0.717) is 0 Å². The van der Waals surface area contributed by atoms with E-state index in [1.165, 1.54) is 7.11 Å². The second-order valence-corrected chi connectivity index (χ2v) is 3.02. The van der Waals surface area contributed by atoms with Crippen LogP contribution in [0.4, 0.5) is 0 Å². The second kappa shape index (κ2) is 4.32. The number of nitrogens with two attached hydrogens (primary N) is 1. The van der Waals surface area contributed by atoms with Gasteiger partial charge in [0.2, 0.25) is 0 Å². The fraction of sp³-hybridized carbons (Fsp3) is 1.00. The first kappa shape index (κ1) is 10.8. The lowest BCUT2D eigenvalue weighted by molar-refractivity contribution is -0.257. The molecule has 0 saturated carbocycles. The molecule has 0 aromatic rings. The number of ether oxygens (including phenoxy) is 2. The van der Waals surface area contributed by atoms with Gasteiger partial charge in [-0.1, -0.05) is 0 Å². The van der Waals surface area contributed by atoms with Crippen molar-refractivity contribution in [1.82, 2.24) is 0 Å². The van der Waals surface area contributed by atoms with Gasteiger partial charge in [0.15, 0.2) is 6.29 Å². The lowest BCUT2D eigenvalue weighted by atomic mass is 9.98. The van der Waals surface area contributed by atoms with Crippen LogP contribution < -0.4 is 5.73 Å². The highest BCUT2D eigenvalue weighted by Gasteiger charge is 2.42. The van der Waals surface area contributed by atoms with Crippen LogP contribution in [0.25, 0.3) is 0 Å². The highest BCUT2D eigenvalue weighted by molar-refractivity contribution is 4.91. The Morgan fingerprint density at radius 2 is 2.00 bits per heavy atom.